The second kappa shape index (κ2) is 13.5. The van der Waals surface area contributed by atoms with E-state index < -0.39 is 76.0 Å². The van der Waals surface area contributed by atoms with Crippen LogP contribution in [0.25, 0.3) is 11.1 Å². The minimum Gasteiger partial charge on any atom is -0.465 e. The lowest BCUT2D eigenvalue weighted by molar-refractivity contribution is -0.150. The highest BCUT2D eigenvalue weighted by Gasteiger charge is 2.49. The van der Waals surface area contributed by atoms with Gasteiger partial charge in [0.05, 0.1) is 19.2 Å². The molecule has 3 aromatic rings. The van der Waals surface area contributed by atoms with Crippen molar-refractivity contribution in [3.8, 4) is 0 Å². The summed E-state index contributed by atoms with van der Waals surface area (Å²) in [6, 6.07) is 8.86. The number of carbonyl (C=O) groups excluding carboxylic acids is 1. The van der Waals surface area contributed by atoms with E-state index in [4.69, 9.17) is 8.84 Å². The van der Waals surface area contributed by atoms with Crippen LogP contribution in [0.2, 0.25) is 18.1 Å². The van der Waals surface area contributed by atoms with Gasteiger partial charge >= 0.3 is 18.3 Å². The van der Waals surface area contributed by atoms with E-state index in [0.29, 0.717) is 11.1 Å². The van der Waals surface area contributed by atoms with Gasteiger partial charge in [-0.15, -0.1) is 0 Å². The molecule has 49 heavy (non-hydrogen) atoms. The molecule has 0 radical (unpaired) electrons. The lowest BCUT2D eigenvalue weighted by Crippen LogP contribution is -2.44. The number of aromatic nitrogens is 1. The lowest BCUT2D eigenvalue weighted by atomic mass is 9.81. The van der Waals surface area contributed by atoms with Crippen LogP contribution in [0.5, 0.6) is 0 Å². The fraction of sp³-hybridized carbons (Fsp3) is 0.559. The Morgan fingerprint density at radius 2 is 1.80 bits per heavy atom. The smallest absolute Gasteiger partial charge is 0.410 e. The molecular formula is C34H43F5N4O5Si. The van der Waals surface area contributed by atoms with Gasteiger partial charge in [0.15, 0.2) is 13.9 Å². The zero-order valence-corrected chi connectivity index (χ0v) is 29.2. The SMILES string of the molecule is CC(C)(C)[Si](C)(C)OC[C@@H](c1ccc2oc([C@H](C3CCC(F)(F)CC3)N(Cc3ccccc3)C(=O)O)nc2c1)N1C[C@@H](C(F)(F)F)NC1=O. The summed E-state index contributed by atoms with van der Waals surface area (Å²) in [6.07, 6.45) is -6.60. The average Bonchev–Trinajstić information content (AvgIpc) is 3.61. The first-order valence-corrected chi connectivity index (χ1v) is 19.3. The fourth-order valence-corrected chi connectivity index (χ4v) is 7.22. The number of nitrogens with zero attached hydrogens (tertiary/aromatic N) is 3. The maximum absolute atomic E-state index is 14.2. The second-order valence-electron chi connectivity index (χ2n) is 14.6. The van der Waals surface area contributed by atoms with Crippen molar-refractivity contribution in [1.29, 1.82) is 0 Å². The molecule has 2 heterocycles. The van der Waals surface area contributed by atoms with Crippen LogP contribution in [0.3, 0.4) is 0 Å². The molecule has 1 saturated heterocycles. The van der Waals surface area contributed by atoms with E-state index >= 15 is 0 Å². The summed E-state index contributed by atoms with van der Waals surface area (Å²) in [6.45, 7) is 9.39. The number of hydrogen-bond donors (Lipinski definition) is 2. The van der Waals surface area contributed by atoms with Gasteiger partial charge in [-0.1, -0.05) is 57.2 Å². The molecule has 2 aliphatic rings. The van der Waals surface area contributed by atoms with Crippen molar-refractivity contribution in [2.24, 2.45) is 5.92 Å². The number of hydrogen-bond acceptors (Lipinski definition) is 5. The number of carboxylic acid groups (broad SMARTS) is 1. The third-order valence-electron chi connectivity index (χ3n) is 10.2. The van der Waals surface area contributed by atoms with E-state index in [1.807, 2.05) is 39.2 Å². The molecule has 15 heteroatoms. The molecule has 9 nitrogen and oxygen atoms in total. The Hall–Kier alpha value is -3.72. The van der Waals surface area contributed by atoms with Crippen LogP contribution < -0.4 is 5.32 Å². The van der Waals surface area contributed by atoms with Gasteiger partial charge in [-0.25, -0.2) is 23.4 Å². The predicted molar refractivity (Wildman–Crippen MR) is 175 cm³/mol. The Morgan fingerprint density at radius 1 is 1.14 bits per heavy atom. The Kier molecular flexibility index (Phi) is 10.1. The monoisotopic (exact) mass is 710 g/mol. The summed E-state index contributed by atoms with van der Waals surface area (Å²) in [7, 11) is -2.41. The molecule has 5 rings (SSSR count). The van der Waals surface area contributed by atoms with Gasteiger partial charge in [0.25, 0.3) is 0 Å². The van der Waals surface area contributed by atoms with E-state index in [9.17, 15) is 36.6 Å². The highest BCUT2D eigenvalue weighted by molar-refractivity contribution is 6.74. The van der Waals surface area contributed by atoms with E-state index in [0.717, 1.165) is 9.80 Å². The number of carbonyl (C=O) groups is 2. The first-order chi connectivity index (χ1) is 22.8. The zero-order valence-electron chi connectivity index (χ0n) is 28.2. The number of amides is 3. The molecule has 3 atom stereocenters. The first kappa shape index (κ1) is 36.6. The van der Waals surface area contributed by atoms with Gasteiger partial charge in [0.1, 0.15) is 17.6 Å². The molecule has 0 unspecified atom stereocenters. The number of alkyl halides is 5. The lowest BCUT2D eigenvalue weighted by Gasteiger charge is -2.38. The van der Waals surface area contributed by atoms with Crippen LogP contribution in [0.1, 0.15) is 75.6 Å². The molecule has 1 aliphatic carbocycles. The van der Waals surface area contributed by atoms with Crippen molar-refractivity contribution in [1.82, 2.24) is 20.1 Å². The van der Waals surface area contributed by atoms with Crippen LogP contribution >= 0.6 is 0 Å². The maximum atomic E-state index is 14.2. The molecule has 2 aromatic carbocycles. The molecule has 1 aromatic heterocycles. The topological polar surface area (TPSA) is 108 Å². The number of rotatable bonds is 10. The molecule has 0 spiro atoms. The van der Waals surface area contributed by atoms with Crippen LogP contribution in [0.15, 0.2) is 52.9 Å². The van der Waals surface area contributed by atoms with Crippen LogP contribution in [-0.2, 0) is 11.0 Å². The van der Waals surface area contributed by atoms with E-state index in [1.54, 1.807) is 48.5 Å². The zero-order chi connectivity index (χ0) is 35.9. The normalized spacial score (nSPS) is 20.3. The number of benzene rings is 2. The van der Waals surface area contributed by atoms with E-state index in [-0.39, 0.29) is 48.0 Å². The van der Waals surface area contributed by atoms with Crippen molar-refractivity contribution >= 4 is 31.5 Å². The minimum atomic E-state index is -4.64. The van der Waals surface area contributed by atoms with Gasteiger partial charge < -0.3 is 24.2 Å². The summed E-state index contributed by atoms with van der Waals surface area (Å²) >= 11 is 0. The Bertz CT molecular complexity index is 1640. The van der Waals surface area contributed by atoms with Gasteiger partial charge in [-0.2, -0.15) is 13.2 Å². The largest absolute Gasteiger partial charge is 0.465 e. The van der Waals surface area contributed by atoms with Gasteiger partial charge in [0, 0.05) is 19.4 Å². The third-order valence-corrected chi connectivity index (χ3v) is 14.7. The number of nitrogens with one attached hydrogen (secondary N) is 1. The molecular weight excluding hydrogens is 667 g/mol. The molecule has 0 bridgehead atoms. The van der Waals surface area contributed by atoms with E-state index in [1.165, 1.54) is 0 Å². The van der Waals surface area contributed by atoms with Crippen molar-refractivity contribution < 1.29 is 45.5 Å². The quantitative estimate of drug-likeness (QED) is 0.161. The van der Waals surface area contributed by atoms with E-state index in [2.05, 4.69) is 4.98 Å². The Morgan fingerprint density at radius 3 is 2.37 bits per heavy atom. The summed E-state index contributed by atoms with van der Waals surface area (Å²) < 4.78 is 82.0. The van der Waals surface area contributed by atoms with Gasteiger partial charge in [-0.05, 0) is 60.2 Å². The van der Waals surface area contributed by atoms with Crippen molar-refractivity contribution in [2.45, 2.75) is 101 Å². The Balaban J connectivity index is 1.53. The highest BCUT2D eigenvalue weighted by Crippen LogP contribution is 2.45. The minimum absolute atomic E-state index is 0.0327. The third kappa shape index (κ3) is 8.19. The number of oxazole rings is 1. The average molecular weight is 711 g/mol. The predicted octanol–water partition coefficient (Wildman–Crippen LogP) is 8.89. The summed E-state index contributed by atoms with van der Waals surface area (Å²) in [5, 5.41) is 12.2. The highest BCUT2D eigenvalue weighted by atomic mass is 28.4. The molecule has 3 amide bonds. The first-order valence-electron chi connectivity index (χ1n) is 16.4. The number of urea groups is 1. The molecule has 268 valence electrons. The second-order valence-corrected chi connectivity index (χ2v) is 19.4. The van der Waals surface area contributed by atoms with Gasteiger partial charge in [0.2, 0.25) is 11.8 Å². The number of halogens is 5. The fourth-order valence-electron chi connectivity index (χ4n) is 6.21. The molecule has 1 saturated carbocycles. The number of fused-ring (bicyclic) bond motifs is 1. The molecule has 1 aliphatic heterocycles. The standard InChI is InChI=1S/C34H43F5N4O5Si/c1-32(2,3)49(4,5)47-20-25(42-19-27(34(37,38)39)41-30(42)44)23-11-12-26-24(17-23)40-29(48-26)28(22-13-15-33(35,36)16-14-22)43(31(45)46)18-21-9-7-6-8-10-21/h6-12,17,22,25,27-28H,13-16,18-20H2,1-5H3,(H,41,44)(H,45,46)/t25-,27-,28-/m0/s1. The van der Waals surface area contributed by atoms with Gasteiger partial charge in [-0.3, -0.25) is 4.90 Å². The Labute approximate surface area is 282 Å². The van der Waals surface area contributed by atoms with Crippen LogP contribution in [0, 0.1) is 5.92 Å². The van der Waals surface area contributed by atoms with Crippen molar-refractivity contribution in [3.63, 3.8) is 0 Å². The van der Waals surface area contributed by atoms with Crippen LogP contribution in [0.4, 0.5) is 31.5 Å². The van der Waals surface area contributed by atoms with Crippen LogP contribution in [-0.4, -0.2) is 71.6 Å². The maximum Gasteiger partial charge on any atom is 0.410 e. The summed E-state index contributed by atoms with van der Waals surface area (Å²) in [5.41, 5.74) is 1.71. The molecule has 2 fully saturated rings. The van der Waals surface area contributed by atoms with Crippen molar-refractivity contribution in [3.05, 3.63) is 65.5 Å². The summed E-state index contributed by atoms with van der Waals surface area (Å²) in [4.78, 5) is 32.6. The summed E-state index contributed by atoms with van der Waals surface area (Å²) in [5.74, 6) is -3.32. The van der Waals surface area contributed by atoms with Crippen molar-refractivity contribution in [2.75, 3.05) is 13.2 Å². The molecule has 2 N–H and O–H groups in total.